The van der Waals surface area contributed by atoms with Crippen LogP contribution in [0.3, 0.4) is 0 Å². The third kappa shape index (κ3) is 16.8. The molecule has 3 heterocycles. The minimum absolute atomic E-state index is 0.0773. The van der Waals surface area contributed by atoms with Gasteiger partial charge >= 0.3 is 23.9 Å². The SMILES string of the molecule is CCCCCCC(CCCC(OC(C)=O)C1CCC(C2CCC(C(CCCCCCCCCCC3=CC(C)OC3=O)OC(C)=O)O2)O1)OC(C)=O. The fourth-order valence-electron chi connectivity index (χ4n) is 7.92. The standard InChI is InChI=1S/C41H68O10/c1-6-7-8-16-20-34(47-30(3)42)21-18-23-36(49-32(5)44)38-25-27-40(51-38)39-26-24-37(50-39)35(48-31(4)43)22-17-14-12-10-9-11-13-15-19-33-28-29(2)46-41(33)45/h28-29,34-40H,6-27H2,1-5H3. The molecule has 10 nitrogen and oxygen atoms in total. The van der Waals surface area contributed by atoms with E-state index in [9.17, 15) is 19.2 Å². The van der Waals surface area contributed by atoms with Gasteiger partial charge in [0, 0.05) is 26.3 Å². The largest absolute Gasteiger partial charge is 0.463 e. The van der Waals surface area contributed by atoms with Crippen molar-refractivity contribution in [2.75, 3.05) is 0 Å². The summed E-state index contributed by atoms with van der Waals surface area (Å²) in [7, 11) is 0. The highest BCUT2D eigenvalue weighted by atomic mass is 16.6. The molecule has 3 aliphatic rings. The van der Waals surface area contributed by atoms with Crippen molar-refractivity contribution in [1.29, 1.82) is 0 Å². The second-order valence-corrected chi connectivity index (χ2v) is 15.1. The third-order valence-electron chi connectivity index (χ3n) is 10.5. The van der Waals surface area contributed by atoms with Crippen LogP contribution >= 0.6 is 0 Å². The van der Waals surface area contributed by atoms with Crippen LogP contribution in [0.25, 0.3) is 0 Å². The molecular formula is C41H68O10. The number of unbranched alkanes of at least 4 members (excludes halogenated alkanes) is 10. The van der Waals surface area contributed by atoms with Crippen LogP contribution < -0.4 is 0 Å². The monoisotopic (exact) mass is 720 g/mol. The van der Waals surface area contributed by atoms with E-state index in [2.05, 4.69) is 6.92 Å². The van der Waals surface area contributed by atoms with Gasteiger partial charge in [0.2, 0.25) is 0 Å². The molecule has 2 fully saturated rings. The van der Waals surface area contributed by atoms with Crippen LogP contribution in [0.15, 0.2) is 11.6 Å². The summed E-state index contributed by atoms with van der Waals surface area (Å²) in [6.45, 7) is 8.44. The average Bonchev–Trinajstić information content (AvgIpc) is 3.82. The van der Waals surface area contributed by atoms with E-state index in [1.54, 1.807) is 0 Å². The first-order valence-corrected chi connectivity index (χ1v) is 20.3. The molecule has 0 saturated carbocycles. The number of hydrogen-bond donors (Lipinski definition) is 0. The summed E-state index contributed by atoms with van der Waals surface area (Å²) in [6, 6.07) is 0. The Hall–Kier alpha value is -2.46. The first-order valence-electron chi connectivity index (χ1n) is 20.3. The predicted molar refractivity (Wildman–Crippen MR) is 195 cm³/mol. The van der Waals surface area contributed by atoms with Gasteiger partial charge in [0.1, 0.15) is 24.4 Å². The Morgan fingerprint density at radius 2 is 1.12 bits per heavy atom. The number of ether oxygens (including phenoxy) is 6. The van der Waals surface area contributed by atoms with Gasteiger partial charge in [0.25, 0.3) is 0 Å². The highest BCUT2D eigenvalue weighted by molar-refractivity contribution is 5.90. The zero-order valence-corrected chi connectivity index (χ0v) is 32.3. The minimum atomic E-state index is -0.351. The van der Waals surface area contributed by atoms with Crippen LogP contribution in [0.4, 0.5) is 0 Å². The Bertz CT molecular complexity index is 1090. The van der Waals surface area contributed by atoms with Gasteiger partial charge in [-0.15, -0.1) is 0 Å². The van der Waals surface area contributed by atoms with Gasteiger partial charge in [-0.05, 0) is 96.5 Å². The van der Waals surface area contributed by atoms with E-state index in [4.69, 9.17) is 28.4 Å². The fourth-order valence-corrected chi connectivity index (χ4v) is 7.92. The van der Waals surface area contributed by atoms with E-state index in [1.807, 2.05) is 13.0 Å². The third-order valence-corrected chi connectivity index (χ3v) is 10.5. The summed E-state index contributed by atoms with van der Waals surface area (Å²) in [5.74, 6) is -0.998. The molecule has 0 spiro atoms. The number of esters is 4. The first-order chi connectivity index (χ1) is 24.5. The highest BCUT2D eigenvalue weighted by Crippen LogP contribution is 2.36. The molecule has 0 N–H and O–H groups in total. The maximum atomic E-state index is 12.0. The van der Waals surface area contributed by atoms with Crippen LogP contribution in [0, 0.1) is 0 Å². The summed E-state index contributed by atoms with van der Waals surface area (Å²) < 4.78 is 35.3. The van der Waals surface area contributed by atoms with Gasteiger partial charge < -0.3 is 28.4 Å². The maximum absolute atomic E-state index is 12.0. The Morgan fingerprint density at radius 3 is 1.63 bits per heavy atom. The van der Waals surface area contributed by atoms with Crippen molar-refractivity contribution >= 4 is 23.9 Å². The summed E-state index contributed by atoms with van der Waals surface area (Å²) in [4.78, 5) is 47.4. The molecular weight excluding hydrogens is 652 g/mol. The lowest BCUT2D eigenvalue weighted by molar-refractivity contribution is -0.164. The van der Waals surface area contributed by atoms with E-state index >= 15 is 0 Å². The lowest BCUT2D eigenvalue weighted by Crippen LogP contribution is -2.35. The van der Waals surface area contributed by atoms with Gasteiger partial charge in [-0.2, -0.15) is 0 Å². The summed E-state index contributed by atoms with van der Waals surface area (Å²) in [6.07, 6.45) is 22.0. The van der Waals surface area contributed by atoms with E-state index in [0.29, 0.717) is 6.42 Å². The number of carbonyl (C=O) groups is 4. The molecule has 8 unspecified atom stereocenters. The molecule has 3 aliphatic heterocycles. The second-order valence-electron chi connectivity index (χ2n) is 15.1. The molecule has 0 radical (unpaired) electrons. The molecule has 0 aliphatic carbocycles. The van der Waals surface area contributed by atoms with Crippen LogP contribution in [0.2, 0.25) is 0 Å². The van der Waals surface area contributed by atoms with Crippen molar-refractivity contribution in [2.45, 2.75) is 225 Å². The molecule has 0 amide bonds. The van der Waals surface area contributed by atoms with Crippen molar-refractivity contribution in [1.82, 2.24) is 0 Å². The number of hydrogen-bond acceptors (Lipinski definition) is 10. The van der Waals surface area contributed by atoms with E-state index in [1.165, 1.54) is 46.5 Å². The molecule has 10 heteroatoms. The van der Waals surface area contributed by atoms with E-state index in [-0.39, 0.29) is 72.7 Å². The Kier molecular flexibility index (Phi) is 20.2. The maximum Gasteiger partial charge on any atom is 0.334 e. The Morgan fingerprint density at radius 1 is 0.647 bits per heavy atom. The highest BCUT2D eigenvalue weighted by Gasteiger charge is 2.42. The van der Waals surface area contributed by atoms with E-state index < -0.39 is 0 Å². The molecule has 2 saturated heterocycles. The molecule has 0 aromatic carbocycles. The van der Waals surface area contributed by atoms with Crippen molar-refractivity contribution in [3.05, 3.63) is 11.6 Å². The minimum Gasteiger partial charge on any atom is -0.463 e. The number of carbonyl (C=O) groups excluding carboxylic acids is 4. The smallest absolute Gasteiger partial charge is 0.334 e. The summed E-state index contributed by atoms with van der Waals surface area (Å²) in [5.41, 5.74) is 0.831. The van der Waals surface area contributed by atoms with Crippen LogP contribution in [0.1, 0.15) is 176 Å². The van der Waals surface area contributed by atoms with Crippen LogP contribution in [0.5, 0.6) is 0 Å². The molecule has 292 valence electrons. The van der Waals surface area contributed by atoms with Crippen molar-refractivity contribution in [2.24, 2.45) is 0 Å². The Labute approximate surface area is 307 Å². The second kappa shape index (κ2) is 24.0. The van der Waals surface area contributed by atoms with Gasteiger partial charge in [-0.3, -0.25) is 14.4 Å². The number of cyclic esters (lactones) is 1. The molecule has 8 atom stereocenters. The van der Waals surface area contributed by atoms with Gasteiger partial charge in [-0.1, -0.05) is 64.7 Å². The molecule has 0 bridgehead atoms. The van der Waals surface area contributed by atoms with Crippen LogP contribution in [-0.2, 0) is 47.6 Å². The summed E-state index contributed by atoms with van der Waals surface area (Å²) in [5, 5.41) is 0. The molecule has 0 aromatic rings. The van der Waals surface area contributed by atoms with Gasteiger partial charge in [0.15, 0.2) is 0 Å². The van der Waals surface area contributed by atoms with Gasteiger partial charge in [-0.25, -0.2) is 4.79 Å². The quantitative estimate of drug-likeness (QED) is 0.0487. The lowest BCUT2D eigenvalue weighted by Gasteiger charge is -2.27. The lowest BCUT2D eigenvalue weighted by atomic mass is 9.99. The fraction of sp³-hybridized carbons (Fsp3) is 0.854. The average molecular weight is 721 g/mol. The van der Waals surface area contributed by atoms with Crippen molar-refractivity contribution < 1.29 is 47.6 Å². The van der Waals surface area contributed by atoms with Crippen molar-refractivity contribution in [3.8, 4) is 0 Å². The van der Waals surface area contributed by atoms with E-state index in [0.717, 1.165) is 115 Å². The summed E-state index contributed by atoms with van der Waals surface area (Å²) >= 11 is 0. The zero-order valence-electron chi connectivity index (χ0n) is 32.3. The topological polar surface area (TPSA) is 124 Å². The molecule has 0 aromatic heterocycles. The van der Waals surface area contributed by atoms with Gasteiger partial charge in [0.05, 0.1) is 24.4 Å². The molecule has 3 rings (SSSR count). The zero-order chi connectivity index (χ0) is 37.0. The Balaban J connectivity index is 1.36. The number of rotatable bonds is 26. The normalized spacial score (nSPS) is 24.8. The van der Waals surface area contributed by atoms with Crippen molar-refractivity contribution in [3.63, 3.8) is 0 Å². The molecule has 51 heavy (non-hydrogen) atoms. The first kappa shape index (κ1) is 42.9. The van der Waals surface area contributed by atoms with Crippen LogP contribution in [-0.4, -0.2) is 72.7 Å². The predicted octanol–water partition coefficient (Wildman–Crippen LogP) is 8.79.